The Bertz CT molecular complexity index is 1190. The zero-order chi connectivity index (χ0) is 24.2. The molecular formula is C30H34N6. The van der Waals surface area contributed by atoms with Gasteiger partial charge >= 0.3 is 0 Å². The van der Waals surface area contributed by atoms with Gasteiger partial charge in [-0.1, -0.05) is 74.9 Å². The molecule has 0 spiro atoms. The highest BCUT2D eigenvalue weighted by molar-refractivity contribution is 5.90. The van der Waals surface area contributed by atoms with Gasteiger partial charge in [0.25, 0.3) is 0 Å². The standard InChI is InChI=1S/C30H34N6/c1-5-13-23(14-6-1)27(29-33-31-21-35(29)25-17-9-3-10-18-25)28(24-15-7-2-8-16-24)30-34-32-22-36(30)26-19-11-4-12-20-26/h3-4,9-12,17-24H,1-2,5-8,13-16H2/b28-27-. The third-order valence-electron chi connectivity index (χ3n) is 7.96. The summed E-state index contributed by atoms with van der Waals surface area (Å²) in [7, 11) is 0. The highest BCUT2D eigenvalue weighted by Crippen LogP contribution is 2.45. The summed E-state index contributed by atoms with van der Waals surface area (Å²) in [4.78, 5) is 0. The van der Waals surface area contributed by atoms with Crippen LogP contribution < -0.4 is 0 Å². The zero-order valence-corrected chi connectivity index (χ0v) is 20.8. The molecule has 0 amide bonds. The lowest BCUT2D eigenvalue weighted by Crippen LogP contribution is -2.20. The molecule has 2 saturated carbocycles. The Morgan fingerprint density at radius 1 is 0.528 bits per heavy atom. The van der Waals surface area contributed by atoms with Crippen LogP contribution >= 0.6 is 0 Å². The van der Waals surface area contributed by atoms with Gasteiger partial charge < -0.3 is 0 Å². The van der Waals surface area contributed by atoms with Crippen LogP contribution in [0.15, 0.2) is 73.3 Å². The zero-order valence-electron chi connectivity index (χ0n) is 20.8. The van der Waals surface area contributed by atoms with Crippen molar-refractivity contribution in [2.75, 3.05) is 0 Å². The van der Waals surface area contributed by atoms with Crippen LogP contribution in [0.2, 0.25) is 0 Å². The maximum absolute atomic E-state index is 4.79. The van der Waals surface area contributed by atoms with Gasteiger partial charge in [-0.3, -0.25) is 9.13 Å². The fourth-order valence-electron chi connectivity index (χ4n) is 6.22. The first-order valence-electron chi connectivity index (χ1n) is 13.6. The summed E-state index contributed by atoms with van der Waals surface area (Å²) in [6.07, 6.45) is 16.2. The normalized spacial score (nSPS) is 18.2. The van der Waals surface area contributed by atoms with Gasteiger partial charge in [0.05, 0.1) is 0 Å². The van der Waals surface area contributed by atoms with Crippen molar-refractivity contribution in [3.05, 3.63) is 85.0 Å². The molecule has 2 aliphatic carbocycles. The topological polar surface area (TPSA) is 61.4 Å². The quantitative estimate of drug-likeness (QED) is 0.302. The number of rotatable bonds is 6. The molecule has 184 valence electrons. The van der Waals surface area contributed by atoms with Crippen molar-refractivity contribution in [2.45, 2.75) is 64.2 Å². The first kappa shape index (κ1) is 22.9. The van der Waals surface area contributed by atoms with Crippen LogP contribution in [0.4, 0.5) is 0 Å². The average Bonchev–Trinajstić information content (AvgIpc) is 3.64. The summed E-state index contributed by atoms with van der Waals surface area (Å²) >= 11 is 0. The Balaban J connectivity index is 1.60. The molecular weight excluding hydrogens is 444 g/mol. The van der Waals surface area contributed by atoms with E-state index in [2.05, 4.69) is 80.0 Å². The molecule has 0 atom stereocenters. The lowest BCUT2D eigenvalue weighted by Gasteiger charge is -2.32. The Labute approximate surface area is 213 Å². The Hall–Kier alpha value is -3.54. The molecule has 6 rings (SSSR count). The predicted octanol–water partition coefficient (Wildman–Crippen LogP) is 6.92. The van der Waals surface area contributed by atoms with Gasteiger partial charge in [-0.2, -0.15) is 0 Å². The molecule has 6 nitrogen and oxygen atoms in total. The van der Waals surface area contributed by atoms with E-state index >= 15 is 0 Å². The minimum absolute atomic E-state index is 0.447. The number of allylic oxidation sites excluding steroid dienone is 2. The van der Waals surface area contributed by atoms with E-state index in [0.29, 0.717) is 11.8 Å². The third kappa shape index (κ3) is 4.52. The van der Waals surface area contributed by atoms with Crippen molar-refractivity contribution in [3.63, 3.8) is 0 Å². The molecule has 0 radical (unpaired) electrons. The van der Waals surface area contributed by atoms with E-state index in [9.17, 15) is 0 Å². The monoisotopic (exact) mass is 478 g/mol. The molecule has 0 aliphatic heterocycles. The maximum Gasteiger partial charge on any atom is 0.164 e. The minimum atomic E-state index is 0.447. The molecule has 2 heterocycles. The van der Waals surface area contributed by atoms with Gasteiger partial charge in [0.1, 0.15) is 12.7 Å². The molecule has 2 aliphatic rings. The number of hydrogen-bond donors (Lipinski definition) is 0. The van der Waals surface area contributed by atoms with Gasteiger partial charge in [0, 0.05) is 22.5 Å². The summed E-state index contributed by atoms with van der Waals surface area (Å²) in [6, 6.07) is 21.0. The van der Waals surface area contributed by atoms with Crippen LogP contribution in [-0.4, -0.2) is 29.5 Å². The Kier molecular flexibility index (Phi) is 6.75. The van der Waals surface area contributed by atoms with Crippen molar-refractivity contribution in [1.29, 1.82) is 0 Å². The fourth-order valence-corrected chi connectivity index (χ4v) is 6.22. The van der Waals surface area contributed by atoms with Crippen molar-refractivity contribution >= 4 is 11.1 Å². The molecule has 0 N–H and O–H groups in total. The summed E-state index contributed by atoms with van der Waals surface area (Å²) in [6.45, 7) is 0. The second kappa shape index (κ2) is 10.6. The number of aromatic nitrogens is 6. The van der Waals surface area contributed by atoms with Crippen molar-refractivity contribution in [3.8, 4) is 11.4 Å². The highest BCUT2D eigenvalue weighted by Gasteiger charge is 2.33. The SMILES string of the molecule is c1ccc(-n2cnnc2/C(=C(\c2nncn2-c2ccccc2)C2CCCCC2)C2CCCCC2)cc1. The van der Waals surface area contributed by atoms with Crippen LogP contribution in [0, 0.1) is 11.8 Å². The van der Waals surface area contributed by atoms with Gasteiger partial charge in [0.2, 0.25) is 0 Å². The van der Waals surface area contributed by atoms with Gasteiger partial charge in [0.15, 0.2) is 11.6 Å². The Morgan fingerprint density at radius 2 is 0.917 bits per heavy atom. The average molecular weight is 479 g/mol. The summed E-state index contributed by atoms with van der Waals surface area (Å²) < 4.78 is 4.35. The van der Waals surface area contributed by atoms with Crippen LogP contribution in [0.1, 0.15) is 75.9 Å². The lowest BCUT2D eigenvalue weighted by molar-refractivity contribution is 0.413. The summed E-state index contributed by atoms with van der Waals surface area (Å²) in [5.74, 6) is 2.83. The number of nitrogens with zero attached hydrogens (tertiary/aromatic N) is 6. The molecule has 2 aromatic heterocycles. The second-order valence-corrected chi connectivity index (χ2v) is 10.2. The van der Waals surface area contributed by atoms with Crippen LogP contribution in [0.3, 0.4) is 0 Å². The molecule has 4 aromatic rings. The first-order chi connectivity index (χ1) is 17.9. The van der Waals surface area contributed by atoms with E-state index in [4.69, 9.17) is 10.2 Å². The molecule has 0 bridgehead atoms. The predicted molar refractivity (Wildman–Crippen MR) is 143 cm³/mol. The fraction of sp³-hybridized carbons (Fsp3) is 0.400. The molecule has 0 saturated heterocycles. The van der Waals surface area contributed by atoms with Crippen LogP contribution in [-0.2, 0) is 0 Å². The minimum Gasteiger partial charge on any atom is -0.282 e. The van der Waals surface area contributed by atoms with Gasteiger partial charge in [-0.05, 0) is 61.8 Å². The molecule has 36 heavy (non-hydrogen) atoms. The molecule has 0 unspecified atom stereocenters. The third-order valence-corrected chi connectivity index (χ3v) is 7.96. The summed E-state index contributed by atoms with van der Waals surface area (Å²) in [5, 5.41) is 18.5. The number of hydrogen-bond acceptors (Lipinski definition) is 4. The molecule has 2 fully saturated rings. The van der Waals surface area contributed by atoms with E-state index < -0.39 is 0 Å². The lowest BCUT2D eigenvalue weighted by atomic mass is 9.75. The van der Waals surface area contributed by atoms with E-state index in [1.54, 1.807) is 0 Å². The van der Waals surface area contributed by atoms with E-state index in [1.807, 2.05) is 12.7 Å². The number of benzene rings is 2. The van der Waals surface area contributed by atoms with Crippen LogP contribution in [0.5, 0.6) is 0 Å². The van der Waals surface area contributed by atoms with Crippen molar-refractivity contribution in [2.24, 2.45) is 11.8 Å². The van der Waals surface area contributed by atoms with Gasteiger partial charge in [-0.25, -0.2) is 0 Å². The molecule has 2 aromatic carbocycles. The number of para-hydroxylation sites is 2. The Morgan fingerprint density at radius 3 is 1.31 bits per heavy atom. The van der Waals surface area contributed by atoms with Gasteiger partial charge in [-0.15, -0.1) is 20.4 Å². The second-order valence-electron chi connectivity index (χ2n) is 10.2. The van der Waals surface area contributed by atoms with E-state index in [0.717, 1.165) is 23.0 Å². The first-order valence-corrected chi connectivity index (χ1v) is 13.6. The van der Waals surface area contributed by atoms with E-state index in [1.165, 1.54) is 75.4 Å². The van der Waals surface area contributed by atoms with Crippen LogP contribution in [0.25, 0.3) is 22.5 Å². The maximum atomic E-state index is 4.79. The largest absolute Gasteiger partial charge is 0.282 e. The smallest absolute Gasteiger partial charge is 0.164 e. The van der Waals surface area contributed by atoms with Crippen molar-refractivity contribution < 1.29 is 0 Å². The van der Waals surface area contributed by atoms with E-state index in [-0.39, 0.29) is 0 Å². The molecule has 6 heteroatoms. The highest BCUT2D eigenvalue weighted by atomic mass is 15.3. The summed E-state index contributed by atoms with van der Waals surface area (Å²) in [5.41, 5.74) is 4.87. The van der Waals surface area contributed by atoms with Crippen molar-refractivity contribution in [1.82, 2.24) is 29.5 Å².